The first-order valence-electron chi connectivity index (χ1n) is 7.00. The lowest BCUT2D eigenvalue weighted by Gasteiger charge is -2.34. The highest BCUT2D eigenvalue weighted by atomic mass is 16.5. The number of carbonyl (C=O) groups is 2. The Kier molecular flexibility index (Phi) is 5.33. The number of carboxylic acids is 2. The van der Waals surface area contributed by atoms with Gasteiger partial charge in [-0.05, 0) is 25.7 Å². The molecule has 0 aliphatic carbocycles. The predicted molar refractivity (Wildman–Crippen MR) is 81.5 cm³/mol. The van der Waals surface area contributed by atoms with E-state index in [9.17, 15) is 9.59 Å². The van der Waals surface area contributed by atoms with Crippen LogP contribution < -0.4 is 4.74 Å². The van der Waals surface area contributed by atoms with Crippen molar-refractivity contribution in [3.05, 3.63) is 23.5 Å². The van der Waals surface area contributed by atoms with Crippen LogP contribution in [0.2, 0.25) is 0 Å². The van der Waals surface area contributed by atoms with E-state index >= 15 is 0 Å². The maximum Gasteiger partial charge on any atom is 0.354 e. The van der Waals surface area contributed by atoms with Crippen LogP contribution in [-0.2, 0) is 0 Å². The predicted octanol–water partition coefficient (Wildman–Crippen LogP) is 2.97. The SMILES string of the molecule is CC(C)(CC#N)CC(C)(C)Oc1cc(C(=O)O)nc(C(=O)O)c1. The van der Waals surface area contributed by atoms with E-state index in [-0.39, 0.29) is 11.2 Å². The number of aromatic nitrogens is 1. The number of hydrogen-bond donors (Lipinski definition) is 2. The Morgan fingerprint density at radius 2 is 1.65 bits per heavy atom. The van der Waals surface area contributed by atoms with Crippen LogP contribution in [0.5, 0.6) is 5.75 Å². The minimum Gasteiger partial charge on any atom is -0.488 e. The van der Waals surface area contributed by atoms with Gasteiger partial charge in [0.2, 0.25) is 0 Å². The van der Waals surface area contributed by atoms with Crippen molar-refractivity contribution in [2.75, 3.05) is 0 Å². The van der Waals surface area contributed by atoms with Gasteiger partial charge in [0.25, 0.3) is 0 Å². The van der Waals surface area contributed by atoms with Gasteiger partial charge >= 0.3 is 11.9 Å². The molecule has 0 spiro atoms. The molecule has 2 N–H and O–H groups in total. The zero-order chi connectivity index (χ0) is 17.8. The third kappa shape index (κ3) is 5.58. The van der Waals surface area contributed by atoms with E-state index in [1.807, 2.05) is 13.8 Å². The summed E-state index contributed by atoms with van der Waals surface area (Å²) in [5, 5.41) is 26.9. The Morgan fingerprint density at radius 3 is 2.04 bits per heavy atom. The maximum atomic E-state index is 11.1. The van der Waals surface area contributed by atoms with Crippen molar-refractivity contribution in [2.24, 2.45) is 5.41 Å². The van der Waals surface area contributed by atoms with Crippen LogP contribution in [0.15, 0.2) is 12.1 Å². The molecule has 1 rings (SSSR count). The Hall–Kier alpha value is -2.62. The van der Waals surface area contributed by atoms with Crippen LogP contribution in [0.1, 0.15) is 61.5 Å². The molecule has 1 aromatic heterocycles. The first-order chi connectivity index (χ1) is 10.5. The van der Waals surface area contributed by atoms with Crippen LogP contribution in [0.4, 0.5) is 0 Å². The summed E-state index contributed by atoms with van der Waals surface area (Å²) in [6, 6.07) is 4.50. The molecule has 1 aromatic rings. The topological polar surface area (TPSA) is 121 Å². The highest BCUT2D eigenvalue weighted by Gasteiger charge is 2.31. The Balaban J connectivity index is 3.09. The highest BCUT2D eigenvalue weighted by Crippen LogP contribution is 2.34. The zero-order valence-electron chi connectivity index (χ0n) is 13.6. The Labute approximate surface area is 134 Å². The lowest BCUT2D eigenvalue weighted by molar-refractivity contribution is 0.0556. The lowest BCUT2D eigenvalue weighted by atomic mass is 9.79. The fraction of sp³-hybridized carbons (Fsp3) is 0.500. The lowest BCUT2D eigenvalue weighted by Crippen LogP contribution is -2.34. The summed E-state index contributed by atoms with van der Waals surface area (Å²) in [6.45, 7) is 7.46. The van der Waals surface area contributed by atoms with Crippen molar-refractivity contribution in [1.82, 2.24) is 4.98 Å². The average molecular weight is 320 g/mol. The van der Waals surface area contributed by atoms with Gasteiger partial charge < -0.3 is 14.9 Å². The van der Waals surface area contributed by atoms with Gasteiger partial charge in [-0.25, -0.2) is 14.6 Å². The van der Waals surface area contributed by atoms with E-state index in [1.54, 1.807) is 13.8 Å². The Bertz CT molecular complexity index is 627. The number of rotatable bonds is 7. The summed E-state index contributed by atoms with van der Waals surface area (Å²) in [5.41, 5.74) is -1.80. The van der Waals surface area contributed by atoms with E-state index in [0.717, 1.165) is 0 Å². The molecule has 0 amide bonds. The molecular weight excluding hydrogens is 300 g/mol. The van der Waals surface area contributed by atoms with E-state index < -0.39 is 28.9 Å². The van der Waals surface area contributed by atoms with Gasteiger partial charge in [-0.2, -0.15) is 5.26 Å². The summed E-state index contributed by atoms with van der Waals surface area (Å²) in [5.74, 6) is -2.55. The summed E-state index contributed by atoms with van der Waals surface area (Å²) in [4.78, 5) is 25.7. The molecule has 0 bridgehead atoms. The van der Waals surface area contributed by atoms with Crippen LogP contribution in [0.25, 0.3) is 0 Å². The largest absolute Gasteiger partial charge is 0.488 e. The van der Waals surface area contributed by atoms with Gasteiger partial charge in [0.15, 0.2) is 11.4 Å². The molecule has 0 saturated carbocycles. The minimum absolute atomic E-state index is 0.118. The van der Waals surface area contributed by atoms with Crippen LogP contribution in [-0.4, -0.2) is 32.7 Å². The molecule has 0 fully saturated rings. The van der Waals surface area contributed by atoms with Crippen molar-refractivity contribution in [1.29, 1.82) is 5.26 Å². The normalized spacial score (nSPS) is 11.6. The molecule has 0 unspecified atom stereocenters. The monoisotopic (exact) mass is 320 g/mol. The molecular formula is C16H20N2O5. The van der Waals surface area contributed by atoms with E-state index in [4.69, 9.17) is 20.2 Å². The number of carboxylic acid groups (broad SMARTS) is 2. The summed E-state index contributed by atoms with van der Waals surface area (Å²) >= 11 is 0. The van der Waals surface area contributed by atoms with Gasteiger partial charge in [0, 0.05) is 18.6 Å². The minimum atomic E-state index is -1.33. The first-order valence-corrected chi connectivity index (χ1v) is 7.00. The summed E-state index contributed by atoms with van der Waals surface area (Å²) < 4.78 is 5.79. The van der Waals surface area contributed by atoms with Crippen LogP contribution >= 0.6 is 0 Å². The molecule has 0 saturated heterocycles. The Morgan fingerprint density at radius 1 is 1.17 bits per heavy atom. The fourth-order valence-electron chi connectivity index (χ4n) is 2.57. The third-order valence-electron chi connectivity index (χ3n) is 3.09. The average Bonchev–Trinajstić information content (AvgIpc) is 2.35. The van der Waals surface area contributed by atoms with Crippen molar-refractivity contribution >= 4 is 11.9 Å². The molecule has 0 radical (unpaired) electrons. The molecule has 124 valence electrons. The molecule has 0 atom stereocenters. The number of nitriles is 1. The van der Waals surface area contributed by atoms with Gasteiger partial charge in [0.1, 0.15) is 11.4 Å². The van der Waals surface area contributed by atoms with Crippen LogP contribution in [0.3, 0.4) is 0 Å². The number of pyridine rings is 1. The molecule has 0 aliphatic rings. The van der Waals surface area contributed by atoms with E-state index in [2.05, 4.69) is 11.1 Å². The van der Waals surface area contributed by atoms with E-state index in [0.29, 0.717) is 12.8 Å². The van der Waals surface area contributed by atoms with Gasteiger partial charge in [-0.1, -0.05) is 13.8 Å². The van der Waals surface area contributed by atoms with E-state index in [1.165, 1.54) is 12.1 Å². The molecule has 7 heteroatoms. The highest BCUT2D eigenvalue weighted by molar-refractivity contribution is 5.90. The molecule has 0 aliphatic heterocycles. The summed E-state index contributed by atoms with van der Waals surface area (Å²) in [7, 11) is 0. The second-order valence-electron chi connectivity index (χ2n) is 6.72. The van der Waals surface area contributed by atoms with Crippen molar-refractivity contribution in [2.45, 2.75) is 46.1 Å². The molecule has 7 nitrogen and oxygen atoms in total. The number of ether oxygens (including phenoxy) is 1. The second kappa shape index (κ2) is 6.65. The van der Waals surface area contributed by atoms with Crippen LogP contribution in [0, 0.1) is 16.7 Å². The molecule has 0 aromatic carbocycles. The second-order valence-corrected chi connectivity index (χ2v) is 6.72. The van der Waals surface area contributed by atoms with Gasteiger partial charge in [0.05, 0.1) is 6.07 Å². The number of hydrogen-bond acceptors (Lipinski definition) is 5. The molecule has 1 heterocycles. The first kappa shape index (κ1) is 18.4. The quantitative estimate of drug-likeness (QED) is 0.792. The van der Waals surface area contributed by atoms with Gasteiger partial charge in [-0.15, -0.1) is 0 Å². The summed E-state index contributed by atoms with van der Waals surface area (Å²) in [6.07, 6.45) is 0.873. The number of nitrogens with zero attached hydrogens (tertiary/aromatic N) is 2. The smallest absolute Gasteiger partial charge is 0.354 e. The fourth-order valence-corrected chi connectivity index (χ4v) is 2.57. The third-order valence-corrected chi connectivity index (χ3v) is 3.09. The van der Waals surface area contributed by atoms with Crippen molar-refractivity contribution < 1.29 is 24.5 Å². The standard InChI is InChI=1S/C16H20N2O5/c1-15(2,5-6-17)9-16(3,4)23-10-7-11(13(19)20)18-12(8-10)14(21)22/h7-8H,5,9H2,1-4H3,(H,19,20)(H,21,22). The molecule has 23 heavy (non-hydrogen) atoms. The van der Waals surface area contributed by atoms with Crippen molar-refractivity contribution in [3.63, 3.8) is 0 Å². The van der Waals surface area contributed by atoms with Crippen molar-refractivity contribution in [3.8, 4) is 11.8 Å². The number of aromatic carboxylic acids is 2. The van der Waals surface area contributed by atoms with Gasteiger partial charge in [-0.3, -0.25) is 0 Å². The zero-order valence-corrected chi connectivity index (χ0v) is 13.6. The maximum absolute atomic E-state index is 11.1.